The van der Waals surface area contributed by atoms with Crippen molar-refractivity contribution in [2.24, 2.45) is 0 Å². The largest absolute Gasteiger partial charge is 0.153 e. The van der Waals surface area contributed by atoms with E-state index in [0.717, 1.165) is 6.04 Å². The van der Waals surface area contributed by atoms with Gasteiger partial charge in [-0.25, -0.2) is 0 Å². The third-order valence-electron chi connectivity index (χ3n) is 1.14. The van der Waals surface area contributed by atoms with Crippen molar-refractivity contribution in [3.63, 3.8) is 0 Å². The number of terminal acetylenes is 1. The predicted molar refractivity (Wildman–Crippen MR) is 46.1 cm³/mol. The molecule has 0 unspecified atom stereocenters. The lowest BCUT2D eigenvalue weighted by Gasteiger charge is -1.84. The Morgan fingerprint density at radius 3 is 3.22 bits per heavy atom. The van der Waals surface area contributed by atoms with Gasteiger partial charge in [-0.05, 0) is 10.8 Å². The molecule has 0 aliphatic heterocycles. The van der Waals surface area contributed by atoms with E-state index in [0.29, 0.717) is 0 Å². The summed E-state index contributed by atoms with van der Waals surface area (Å²) in [7, 11) is -0.0949. The molecule has 0 bridgehead atoms. The lowest BCUT2D eigenvalue weighted by Crippen LogP contribution is -2.08. The summed E-state index contributed by atoms with van der Waals surface area (Å²) in [5.41, 5.74) is 0. The second-order valence-corrected chi connectivity index (χ2v) is 4.43. The molecule has 0 aliphatic carbocycles. The zero-order valence-electron chi connectivity index (χ0n) is 5.13. The molecule has 0 fully saturated rings. The van der Waals surface area contributed by atoms with Crippen LogP contribution in [0.2, 0.25) is 6.04 Å². The first-order chi connectivity index (χ1) is 4.43. The predicted octanol–water partition coefficient (Wildman–Crippen LogP) is 0.594. The fraction of sp³-hybridized carbons (Fsp3) is 0.143. The summed E-state index contributed by atoms with van der Waals surface area (Å²) >= 11 is 1.76. The quantitative estimate of drug-likeness (QED) is 0.430. The van der Waals surface area contributed by atoms with Crippen LogP contribution >= 0.6 is 11.3 Å². The lowest BCUT2D eigenvalue weighted by molar-refractivity contribution is 1.84. The summed E-state index contributed by atoms with van der Waals surface area (Å²) in [6.07, 6.45) is 5.13. The first kappa shape index (κ1) is 6.59. The molecule has 1 heterocycles. The average molecular weight is 152 g/mol. The molecule has 0 amide bonds. The van der Waals surface area contributed by atoms with Gasteiger partial charge < -0.3 is 0 Å². The normalized spacial score (nSPS) is 10.1. The standard InChI is InChI=1S/C7H8SSi/c1-2-5-9-7-3-4-8-6-7/h1,3-4,6H,5,9H2. The number of hydrogen-bond acceptors (Lipinski definition) is 1. The topological polar surface area (TPSA) is 0 Å². The van der Waals surface area contributed by atoms with Gasteiger partial charge in [-0.1, -0.05) is 11.3 Å². The van der Waals surface area contributed by atoms with Crippen LogP contribution in [0, 0.1) is 12.3 Å². The minimum atomic E-state index is -0.0949. The summed E-state index contributed by atoms with van der Waals surface area (Å²) < 4.78 is 0. The van der Waals surface area contributed by atoms with Crippen LogP contribution in [0.3, 0.4) is 0 Å². The molecule has 0 spiro atoms. The lowest BCUT2D eigenvalue weighted by atomic mass is 10.7. The van der Waals surface area contributed by atoms with Crippen molar-refractivity contribution in [3.8, 4) is 12.3 Å². The Hall–Kier alpha value is -0.523. The summed E-state index contributed by atoms with van der Waals surface area (Å²) in [5, 5.41) is 5.81. The Balaban J connectivity index is 2.41. The molecular formula is C7H8SSi. The van der Waals surface area contributed by atoms with E-state index in [2.05, 4.69) is 22.7 Å². The second-order valence-electron chi connectivity index (χ2n) is 1.84. The monoisotopic (exact) mass is 152 g/mol. The van der Waals surface area contributed by atoms with Gasteiger partial charge in [-0.2, -0.15) is 11.3 Å². The molecule has 0 nitrogen and oxygen atoms in total. The Labute approximate surface area is 61.7 Å². The molecule has 0 aromatic carbocycles. The third-order valence-corrected chi connectivity index (χ3v) is 3.72. The van der Waals surface area contributed by atoms with Gasteiger partial charge in [0.2, 0.25) is 0 Å². The van der Waals surface area contributed by atoms with Gasteiger partial charge in [-0.15, -0.1) is 12.3 Å². The van der Waals surface area contributed by atoms with Crippen LogP contribution < -0.4 is 5.19 Å². The smallest absolute Gasteiger partial charge is 0.0689 e. The van der Waals surface area contributed by atoms with Crippen LogP contribution in [0.5, 0.6) is 0 Å². The van der Waals surface area contributed by atoms with E-state index in [-0.39, 0.29) is 9.52 Å². The Morgan fingerprint density at radius 2 is 2.67 bits per heavy atom. The zero-order valence-corrected chi connectivity index (χ0v) is 7.36. The van der Waals surface area contributed by atoms with E-state index in [1.165, 1.54) is 5.19 Å². The van der Waals surface area contributed by atoms with Crippen molar-refractivity contribution < 1.29 is 0 Å². The molecular weight excluding hydrogens is 144 g/mol. The van der Waals surface area contributed by atoms with Crippen LogP contribution in [-0.2, 0) is 0 Å². The maximum atomic E-state index is 5.13. The van der Waals surface area contributed by atoms with Gasteiger partial charge >= 0.3 is 0 Å². The highest BCUT2D eigenvalue weighted by Gasteiger charge is 1.89. The SMILES string of the molecule is C#CC[SiH2]c1ccsc1. The number of hydrogen-bond donors (Lipinski definition) is 0. The minimum Gasteiger partial charge on any atom is -0.153 e. The molecule has 1 aromatic rings. The summed E-state index contributed by atoms with van der Waals surface area (Å²) in [5.74, 6) is 2.67. The molecule has 0 radical (unpaired) electrons. The van der Waals surface area contributed by atoms with E-state index in [9.17, 15) is 0 Å². The van der Waals surface area contributed by atoms with Gasteiger partial charge in [0.25, 0.3) is 0 Å². The van der Waals surface area contributed by atoms with E-state index < -0.39 is 0 Å². The highest BCUT2D eigenvalue weighted by Crippen LogP contribution is 1.92. The fourth-order valence-corrected chi connectivity index (χ4v) is 2.89. The molecule has 0 saturated carbocycles. The maximum absolute atomic E-state index is 5.13. The van der Waals surface area contributed by atoms with Crippen LogP contribution in [-0.4, -0.2) is 9.52 Å². The summed E-state index contributed by atoms with van der Waals surface area (Å²) in [6, 6.07) is 3.17. The van der Waals surface area contributed by atoms with Crippen molar-refractivity contribution in [2.75, 3.05) is 0 Å². The van der Waals surface area contributed by atoms with Crippen molar-refractivity contribution in [1.29, 1.82) is 0 Å². The van der Waals surface area contributed by atoms with Gasteiger partial charge in [0.05, 0.1) is 9.52 Å². The third kappa shape index (κ3) is 2.04. The highest BCUT2D eigenvalue weighted by molar-refractivity contribution is 7.09. The van der Waals surface area contributed by atoms with Gasteiger partial charge in [0.1, 0.15) is 0 Å². The molecule has 0 N–H and O–H groups in total. The Bertz CT molecular complexity index is 195. The number of thiophene rings is 1. The van der Waals surface area contributed by atoms with Crippen molar-refractivity contribution in [1.82, 2.24) is 0 Å². The average Bonchev–Trinajstić information content (AvgIpc) is 2.34. The van der Waals surface area contributed by atoms with E-state index >= 15 is 0 Å². The van der Waals surface area contributed by atoms with Crippen LogP contribution in [0.4, 0.5) is 0 Å². The van der Waals surface area contributed by atoms with Crippen LogP contribution in [0.1, 0.15) is 0 Å². The molecule has 0 atom stereocenters. The molecule has 2 heteroatoms. The van der Waals surface area contributed by atoms with Gasteiger partial charge in [0, 0.05) is 6.04 Å². The maximum Gasteiger partial charge on any atom is 0.0689 e. The van der Waals surface area contributed by atoms with Crippen LogP contribution in [0.25, 0.3) is 0 Å². The van der Waals surface area contributed by atoms with Crippen molar-refractivity contribution in [3.05, 3.63) is 16.8 Å². The highest BCUT2D eigenvalue weighted by atomic mass is 32.1. The molecule has 0 saturated heterocycles. The first-order valence-electron chi connectivity index (χ1n) is 2.88. The minimum absolute atomic E-state index is 0.0949. The fourth-order valence-electron chi connectivity index (χ4n) is 0.651. The van der Waals surface area contributed by atoms with E-state index in [1.54, 1.807) is 11.3 Å². The van der Waals surface area contributed by atoms with E-state index in [1.807, 2.05) is 0 Å². The summed E-state index contributed by atoms with van der Waals surface area (Å²) in [6.45, 7) is 0. The Kier molecular flexibility index (Phi) is 2.56. The first-order valence-corrected chi connectivity index (χ1v) is 5.53. The number of rotatable bonds is 2. The van der Waals surface area contributed by atoms with Gasteiger partial charge in [-0.3, -0.25) is 0 Å². The summed E-state index contributed by atoms with van der Waals surface area (Å²) in [4.78, 5) is 0. The molecule has 9 heavy (non-hydrogen) atoms. The van der Waals surface area contributed by atoms with Crippen molar-refractivity contribution >= 4 is 26.0 Å². The molecule has 1 rings (SSSR count). The van der Waals surface area contributed by atoms with Crippen molar-refractivity contribution in [2.45, 2.75) is 6.04 Å². The van der Waals surface area contributed by atoms with Gasteiger partial charge in [0.15, 0.2) is 0 Å². The molecule has 1 aromatic heterocycles. The zero-order chi connectivity index (χ0) is 6.53. The molecule has 46 valence electrons. The second kappa shape index (κ2) is 3.49. The van der Waals surface area contributed by atoms with E-state index in [4.69, 9.17) is 6.42 Å². The Morgan fingerprint density at radius 1 is 1.78 bits per heavy atom. The molecule has 0 aliphatic rings. The van der Waals surface area contributed by atoms with Crippen LogP contribution in [0.15, 0.2) is 16.8 Å².